The Hall–Kier alpha value is -2.42. The number of carbonyl (C=O) groups is 1. The van der Waals surface area contributed by atoms with Gasteiger partial charge in [-0.15, -0.1) is 0 Å². The molecule has 8 nitrogen and oxygen atoms in total. The third kappa shape index (κ3) is 4.14. The molecule has 0 aromatic carbocycles. The molecular weight excluding hydrogens is 401 g/mol. The fourth-order valence-electron chi connectivity index (χ4n) is 3.54. The SMILES string of the molecule is COc1nc(N(C)C2CCN(C(=O)OC(C)(C)C)C2C)c2cnc(Cl)c(F)c2n1. The molecule has 0 bridgehead atoms. The average Bonchev–Trinajstić information content (AvgIpc) is 3.03. The number of methoxy groups -OCH3 is 1. The van der Waals surface area contributed by atoms with Crippen LogP contribution in [0.4, 0.5) is 15.0 Å². The number of pyridine rings is 1. The van der Waals surface area contributed by atoms with Crippen LogP contribution in [-0.2, 0) is 4.74 Å². The van der Waals surface area contributed by atoms with Gasteiger partial charge >= 0.3 is 12.1 Å². The largest absolute Gasteiger partial charge is 0.467 e. The summed E-state index contributed by atoms with van der Waals surface area (Å²) in [5, 5.41) is 0.148. The topological polar surface area (TPSA) is 80.7 Å². The number of likely N-dealkylation sites (tertiary alicyclic amines) is 1. The quantitative estimate of drug-likeness (QED) is 0.694. The van der Waals surface area contributed by atoms with Gasteiger partial charge in [0.2, 0.25) is 0 Å². The third-order valence-corrected chi connectivity index (χ3v) is 5.22. The van der Waals surface area contributed by atoms with Crippen molar-refractivity contribution in [3.8, 4) is 6.01 Å². The van der Waals surface area contributed by atoms with Gasteiger partial charge in [0.15, 0.2) is 11.0 Å². The van der Waals surface area contributed by atoms with Gasteiger partial charge in [0.05, 0.1) is 24.6 Å². The first-order valence-corrected chi connectivity index (χ1v) is 9.69. The van der Waals surface area contributed by atoms with Crippen molar-refractivity contribution < 1.29 is 18.7 Å². The van der Waals surface area contributed by atoms with E-state index in [9.17, 15) is 9.18 Å². The van der Waals surface area contributed by atoms with Crippen molar-refractivity contribution in [1.82, 2.24) is 19.9 Å². The monoisotopic (exact) mass is 425 g/mol. The summed E-state index contributed by atoms with van der Waals surface area (Å²) in [5.41, 5.74) is -0.534. The number of aromatic nitrogens is 3. The minimum Gasteiger partial charge on any atom is -0.467 e. The Morgan fingerprint density at radius 2 is 2.07 bits per heavy atom. The van der Waals surface area contributed by atoms with Crippen LogP contribution in [0.15, 0.2) is 6.20 Å². The molecule has 0 spiro atoms. The number of nitrogens with zero attached hydrogens (tertiary/aromatic N) is 5. The molecule has 3 heterocycles. The number of carbonyl (C=O) groups excluding carboxylic acids is 1. The van der Waals surface area contributed by atoms with E-state index >= 15 is 0 Å². The van der Waals surface area contributed by atoms with Crippen LogP contribution in [0.5, 0.6) is 6.01 Å². The van der Waals surface area contributed by atoms with E-state index in [4.69, 9.17) is 21.1 Å². The molecule has 29 heavy (non-hydrogen) atoms. The molecule has 158 valence electrons. The minimum absolute atomic E-state index is 0.0233. The molecule has 1 saturated heterocycles. The second kappa shape index (κ2) is 7.78. The van der Waals surface area contributed by atoms with Crippen LogP contribution in [0.25, 0.3) is 10.9 Å². The number of ether oxygens (including phenoxy) is 2. The van der Waals surface area contributed by atoms with Gasteiger partial charge in [0.1, 0.15) is 16.9 Å². The first-order valence-electron chi connectivity index (χ1n) is 9.31. The lowest BCUT2D eigenvalue weighted by molar-refractivity contribution is 0.0233. The van der Waals surface area contributed by atoms with E-state index < -0.39 is 11.4 Å². The summed E-state index contributed by atoms with van der Waals surface area (Å²) < 4.78 is 25.2. The molecule has 0 N–H and O–H groups in total. The van der Waals surface area contributed by atoms with Crippen molar-refractivity contribution in [2.75, 3.05) is 25.6 Å². The normalized spacial score (nSPS) is 19.5. The number of halogens is 2. The number of hydrogen-bond donors (Lipinski definition) is 0. The van der Waals surface area contributed by atoms with Crippen molar-refractivity contribution in [3.63, 3.8) is 0 Å². The fraction of sp³-hybridized carbons (Fsp3) is 0.579. The van der Waals surface area contributed by atoms with Crippen LogP contribution in [-0.4, -0.2) is 64.3 Å². The summed E-state index contributed by atoms with van der Waals surface area (Å²) in [6, 6.07) is -0.185. The maximum Gasteiger partial charge on any atom is 0.410 e. The zero-order chi connectivity index (χ0) is 21.5. The molecular formula is C19H25ClFN5O3. The van der Waals surface area contributed by atoms with Gasteiger partial charge in [-0.1, -0.05) is 11.6 Å². The molecule has 0 aliphatic carbocycles. The maximum absolute atomic E-state index is 14.5. The first kappa shape index (κ1) is 21.3. The highest BCUT2D eigenvalue weighted by Crippen LogP contribution is 2.33. The molecule has 0 saturated carbocycles. The molecule has 1 fully saturated rings. The van der Waals surface area contributed by atoms with Crippen LogP contribution < -0.4 is 9.64 Å². The van der Waals surface area contributed by atoms with E-state index in [-0.39, 0.29) is 34.9 Å². The number of amides is 1. The number of anilines is 1. The lowest BCUT2D eigenvalue weighted by Gasteiger charge is -2.33. The smallest absolute Gasteiger partial charge is 0.410 e. The van der Waals surface area contributed by atoms with Gasteiger partial charge in [-0.05, 0) is 34.1 Å². The fourth-order valence-corrected chi connectivity index (χ4v) is 3.67. The summed E-state index contributed by atoms with van der Waals surface area (Å²) in [5.74, 6) is -0.271. The second-order valence-electron chi connectivity index (χ2n) is 8.04. The van der Waals surface area contributed by atoms with Gasteiger partial charge in [0, 0.05) is 19.8 Å². The molecule has 0 radical (unpaired) electrons. The van der Waals surface area contributed by atoms with E-state index in [1.54, 1.807) is 4.90 Å². The number of likely N-dealkylation sites (N-methyl/N-ethyl adjacent to an activating group) is 1. The van der Waals surface area contributed by atoms with Gasteiger partial charge in [-0.3, -0.25) is 0 Å². The Kier molecular flexibility index (Phi) is 5.71. The number of rotatable bonds is 3. The molecule has 2 unspecified atom stereocenters. The Bertz CT molecular complexity index is 936. The van der Waals surface area contributed by atoms with Crippen LogP contribution in [0.1, 0.15) is 34.1 Å². The van der Waals surface area contributed by atoms with E-state index in [1.165, 1.54) is 13.3 Å². The lowest BCUT2D eigenvalue weighted by Crippen LogP contribution is -2.45. The predicted molar refractivity (Wildman–Crippen MR) is 108 cm³/mol. The molecule has 3 rings (SSSR count). The predicted octanol–water partition coefficient (Wildman–Crippen LogP) is 3.66. The minimum atomic E-state index is -0.727. The highest BCUT2D eigenvalue weighted by Gasteiger charge is 2.39. The Morgan fingerprint density at radius 1 is 1.38 bits per heavy atom. The van der Waals surface area contributed by atoms with Crippen LogP contribution in [0.3, 0.4) is 0 Å². The first-order chi connectivity index (χ1) is 13.5. The van der Waals surface area contributed by atoms with Crippen LogP contribution in [0.2, 0.25) is 5.15 Å². The van der Waals surface area contributed by atoms with Gasteiger partial charge in [0.25, 0.3) is 0 Å². The lowest BCUT2D eigenvalue weighted by atomic mass is 10.1. The summed E-state index contributed by atoms with van der Waals surface area (Å²) in [6.45, 7) is 8.00. The van der Waals surface area contributed by atoms with Crippen molar-refractivity contribution in [2.24, 2.45) is 0 Å². The molecule has 2 aromatic rings. The summed E-state index contributed by atoms with van der Waals surface area (Å²) in [4.78, 5) is 28.5. The van der Waals surface area contributed by atoms with Gasteiger partial charge in [-0.25, -0.2) is 14.2 Å². The van der Waals surface area contributed by atoms with Crippen molar-refractivity contribution in [3.05, 3.63) is 17.2 Å². The molecule has 1 aliphatic heterocycles. The van der Waals surface area contributed by atoms with Crippen LogP contribution >= 0.6 is 11.6 Å². The highest BCUT2D eigenvalue weighted by molar-refractivity contribution is 6.30. The maximum atomic E-state index is 14.5. The molecule has 2 aromatic heterocycles. The summed E-state index contributed by atoms with van der Waals surface area (Å²) in [7, 11) is 3.25. The van der Waals surface area contributed by atoms with Crippen molar-refractivity contribution >= 4 is 34.4 Å². The van der Waals surface area contributed by atoms with Crippen molar-refractivity contribution in [2.45, 2.75) is 51.8 Å². The van der Waals surface area contributed by atoms with E-state index in [0.717, 1.165) is 0 Å². The highest BCUT2D eigenvalue weighted by atomic mass is 35.5. The van der Waals surface area contributed by atoms with Crippen molar-refractivity contribution in [1.29, 1.82) is 0 Å². The standard InChI is InChI=1S/C19H25ClFN5O3/c1-10-12(7-8-26(10)18(27)29-19(2,3)4)25(5)16-11-9-22-15(20)13(21)14(11)23-17(24-16)28-6/h9-10,12H,7-8H2,1-6H3. The van der Waals surface area contributed by atoms with Crippen LogP contribution in [0, 0.1) is 5.82 Å². The summed E-state index contributed by atoms with van der Waals surface area (Å²) >= 11 is 5.81. The number of hydrogen-bond acceptors (Lipinski definition) is 7. The van der Waals surface area contributed by atoms with E-state index in [0.29, 0.717) is 24.2 Å². The van der Waals surface area contributed by atoms with E-state index in [1.807, 2.05) is 39.6 Å². The number of fused-ring (bicyclic) bond motifs is 1. The molecule has 2 atom stereocenters. The second-order valence-corrected chi connectivity index (χ2v) is 8.40. The third-order valence-electron chi connectivity index (χ3n) is 4.96. The summed E-state index contributed by atoms with van der Waals surface area (Å²) in [6.07, 6.45) is 1.79. The Balaban J connectivity index is 1.95. The molecule has 1 amide bonds. The van der Waals surface area contributed by atoms with Gasteiger partial charge < -0.3 is 19.3 Å². The van der Waals surface area contributed by atoms with E-state index in [2.05, 4.69) is 15.0 Å². The average molecular weight is 426 g/mol. The Morgan fingerprint density at radius 3 is 2.69 bits per heavy atom. The molecule has 10 heteroatoms. The van der Waals surface area contributed by atoms with Gasteiger partial charge in [-0.2, -0.15) is 9.97 Å². The zero-order valence-electron chi connectivity index (χ0n) is 17.4. The zero-order valence-corrected chi connectivity index (χ0v) is 18.1. The molecule has 1 aliphatic rings. The Labute approximate surface area is 174 Å².